The predicted molar refractivity (Wildman–Crippen MR) is 180 cm³/mol. The Balaban J connectivity index is 1.58. The summed E-state index contributed by atoms with van der Waals surface area (Å²) in [4.78, 5) is 43.8. The van der Waals surface area contributed by atoms with Crippen molar-refractivity contribution >= 4 is 29.2 Å². The maximum Gasteiger partial charge on any atom is 0.321 e. The number of likely N-dealkylation sites (N-methyl/N-ethyl adjacent to an activating group) is 1. The highest BCUT2D eigenvalue weighted by atomic mass is 16.5. The Morgan fingerprint density at radius 2 is 1.81 bits per heavy atom. The fourth-order valence-electron chi connectivity index (χ4n) is 6.29. The zero-order valence-electron chi connectivity index (χ0n) is 28.8. The Labute approximate surface area is 278 Å². The van der Waals surface area contributed by atoms with Gasteiger partial charge in [0.1, 0.15) is 17.1 Å². The highest BCUT2D eigenvalue weighted by Crippen LogP contribution is 2.30. The summed E-state index contributed by atoms with van der Waals surface area (Å²) in [7, 11) is 1.70. The summed E-state index contributed by atoms with van der Waals surface area (Å²) < 4.78 is 17.9. The molecule has 1 aliphatic heterocycles. The first kappa shape index (κ1) is 36.2. The lowest BCUT2D eigenvalue weighted by atomic mass is 9.88. The van der Waals surface area contributed by atoms with Crippen LogP contribution >= 0.6 is 0 Å². The molecule has 0 bridgehead atoms. The number of nitrogens with one attached hydrogen (secondary N) is 2. The van der Waals surface area contributed by atoms with Crippen LogP contribution in [0, 0.1) is 25.7 Å². The van der Waals surface area contributed by atoms with Gasteiger partial charge < -0.3 is 39.5 Å². The lowest BCUT2D eigenvalue weighted by molar-refractivity contribution is -0.120. The first-order valence-electron chi connectivity index (χ1n) is 17.1. The van der Waals surface area contributed by atoms with Gasteiger partial charge in [-0.3, -0.25) is 9.59 Å². The molecule has 0 radical (unpaired) electrons. The van der Waals surface area contributed by atoms with Crippen molar-refractivity contribution in [1.29, 1.82) is 0 Å². The first-order chi connectivity index (χ1) is 22.5. The summed E-state index contributed by atoms with van der Waals surface area (Å²) in [6.07, 6.45) is 6.86. The third kappa shape index (κ3) is 9.70. The molecule has 3 N–H and O–H groups in total. The van der Waals surface area contributed by atoms with Gasteiger partial charge in [0.25, 0.3) is 5.91 Å². The fraction of sp³-hybridized carbons (Fsp3) is 0.657. The number of nitrogens with zero attached hydrogens (tertiary/aromatic N) is 3. The van der Waals surface area contributed by atoms with Crippen molar-refractivity contribution in [3.63, 3.8) is 0 Å². The summed E-state index contributed by atoms with van der Waals surface area (Å²) in [5.41, 5.74) is 2.01. The van der Waals surface area contributed by atoms with Crippen LogP contribution in [0.2, 0.25) is 0 Å². The molecule has 0 spiro atoms. The van der Waals surface area contributed by atoms with E-state index in [0.29, 0.717) is 40.7 Å². The van der Waals surface area contributed by atoms with Crippen LogP contribution in [-0.2, 0) is 9.53 Å². The van der Waals surface area contributed by atoms with Crippen molar-refractivity contribution in [2.75, 3.05) is 44.0 Å². The van der Waals surface area contributed by atoms with E-state index in [2.05, 4.69) is 15.8 Å². The fourth-order valence-corrected chi connectivity index (χ4v) is 6.29. The Morgan fingerprint density at radius 3 is 2.49 bits per heavy atom. The quantitative estimate of drug-likeness (QED) is 0.341. The van der Waals surface area contributed by atoms with E-state index >= 15 is 0 Å². The number of aryl methyl sites for hydroxylation is 2. The molecular weight excluding hydrogens is 602 g/mol. The number of carbonyl (C=O) groups excluding carboxylic acids is 3. The van der Waals surface area contributed by atoms with E-state index in [9.17, 15) is 19.5 Å². The number of anilines is 2. The Kier molecular flexibility index (Phi) is 13.1. The van der Waals surface area contributed by atoms with Crippen molar-refractivity contribution in [2.24, 2.45) is 11.8 Å². The molecule has 1 aromatic carbocycles. The minimum absolute atomic E-state index is 0.0241. The number of aliphatic hydroxyl groups is 1. The third-order valence-corrected chi connectivity index (χ3v) is 9.36. The van der Waals surface area contributed by atoms with Gasteiger partial charge in [-0.15, -0.1) is 0 Å². The number of benzene rings is 1. The molecule has 2 aliphatic rings. The zero-order chi connectivity index (χ0) is 34.1. The normalized spacial score (nSPS) is 22.4. The van der Waals surface area contributed by atoms with E-state index < -0.39 is 12.1 Å². The number of ether oxygens (including phenoxy) is 2. The van der Waals surface area contributed by atoms with E-state index in [4.69, 9.17) is 14.0 Å². The van der Waals surface area contributed by atoms with Crippen molar-refractivity contribution in [1.82, 2.24) is 15.0 Å². The van der Waals surface area contributed by atoms with E-state index in [1.165, 1.54) is 0 Å². The van der Waals surface area contributed by atoms with Crippen molar-refractivity contribution in [3.05, 3.63) is 35.2 Å². The molecule has 1 fully saturated rings. The van der Waals surface area contributed by atoms with Gasteiger partial charge in [0.2, 0.25) is 5.91 Å². The summed E-state index contributed by atoms with van der Waals surface area (Å²) in [6.45, 7) is 10.1. The molecule has 12 nitrogen and oxygen atoms in total. The topological polar surface area (TPSA) is 146 Å². The summed E-state index contributed by atoms with van der Waals surface area (Å²) in [5, 5.41) is 20.1. The average molecular weight is 656 g/mol. The monoisotopic (exact) mass is 655 g/mol. The number of aromatic nitrogens is 1. The van der Waals surface area contributed by atoms with Crippen LogP contribution in [0.4, 0.5) is 16.2 Å². The molecule has 0 unspecified atom stereocenters. The second kappa shape index (κ2) is 17.0. The standard InChI is InChI=1S/C35H53N5O7/c1-22-19-40(23(2)21-41)34(43)29-18-28(36-33(42)27-13-8-7-9-14-27)15-16-30(29)46-24(3)12-10-11-17-45-31(22)20-39(6)35(44)37-32-25(4)38-47-26(32)5/h15-16,18,22-24,27,31,41H,7-14,17,19-21H2,1-6H3,(H,36,42)(H,37,44)/t22-,23+,24-,31-/m1/s1. The number of hydrogen-bond donors (Lipinski definition) is 3. The van der Waals surface area contributed by atoms with Gasteiger partial charge in [-0.1, -0.05) is 31.3 Å². The van der Waals surface area contributed by atoms with Crippen molar-refractivity contribution in [3.8, 4) is 5.75 Å². The number of urea groups is 1. The van der Waals surface area contributed by atoms with Crippen LogP contribution < -0.4 is 15.4 Å². The number of carbonyl (C=O) groups is 3. The molecule has 1 aliphatic carbocycles. The van der Waals surface area contributed by atoms with Crippen LogP contribution in [0.5, 0.6) is 5.75 Å². The molecule has 4 rings (SSSR count). The van der Waals surface area contributed by atoms with E-state index in [-0.39, 0.29) is 55.5 Å². The van der Waals surface area contributed by atoms with E-state index in [0.717, 1.165) is 51.4 Å². The van der Waals surface area contributed by atoms with E-state index in [1.807, 2.05) is 13.8 Å². The number of fused-ring (bicyclic) bond motifs is 1. The number of rotatable bonds is 7. The van der Waals surface area contributed by atoms with Gasteiger partial charge in [0.15, 0.2) is 5.76 Å². The number of hydrogen-bond acceptors (Lipinski definition) is 8. The minimum Gasteiger partial charge on any atom is -0.490 e. The van der Waals surface area contributed by atoms with Gasteiger partial charge in [-0.2, -0.15) is 0 Å². The van der Waals surface area contributed by atoms with Crippen LogP contribution in [0.25, 0.3) is 0 Å². The Hall–Kier alpha value is -3.64. The largest absolute Gasteiger partial charge is 0.490 e. The molecule has 260 valence electrons. The summed E-state index contributed by atoms with van der Waals surface area (Å²) >= 11 is 0. The van der Waals surface area contributed by atoms with Crippen molar-refractivity contribution in [2.45, 2.75) is 104 Å². The van der Waals surface area contributed by atoms with E-state index in [1.54, 1.807) is 55.8 Å². The number of amides is 4. The zero-order valence-corrected chi connectivity index (χ0v) is 28.8. The summed E-state index contributed by atoms with van der Waals surface area (Å²) in [5.74, 6) is 0.398. The van der Waals surface area contributed by atoms with Crippen LogP contribution in [0.15, 0.2) is 22.7 Å². The molecule has 1 saturated carbocycles. The van der Waals surface area contributed by atoms with Crippen molar-refractivity contribution < 1.29 is 33.5 Å². The Bertz CT molecular complexity index is 1340. The number of aliphatic hydroxyl groups excluding tert-OH is 1. The molecular formula is C35H53N5O7. The predicted octanol–water partition coefficient (Wildman–Crippen LogP) is 5.77. The van der Waals surface area contributed by atoms with Gasteiger partial charge in [0.05, 0.1) is 30.4 Å². The summed E-state index contributed by atoms with van der Waals surface area (Å²) in [6, 6.07) is 4.41. The van der Waals surface area contributed by atoms with Gasteiger partial charge in [-0.05, 0) is 78.0 Å². The van der Waals surface area contributed by atoms with Gasteiger partial charge >= 0.3 is 6.03 Å². The van der Waals surface area contributed by atoms with Gasteiger partial charge in [-0.25, -0.2) is 4.79 Å². The maximum absolute atomic E-state index is 14.4. The molecule has 4 amide bonds. The molecule has 12 heteroatoms. The second-order valence-electron chi connectivity index (χ2n) is 13.3. The van der Waals surface area contributed by atoms with Crippen LogP contribution in [0.3, 0.4) is 0 Å². The maximum atomic E-state index is 14.4. The molecule has 47 heavy (non-hydrogen) atoms. The first-order valence-corrected chi connectivity index (χ1v) is 17.1. The lowest BCUT2D eigenvalue weighted by Crippen LogP contribution is -2.48. The SMILES string of the molecule is Cc1noc(C)c1NC(=O)N(C)C[C@H]1OCCCC[C@@H](C)Oc2ccc(NC(=O)C3CCCCC3)cc2C(=O)N([C@@H](C)CO)C[C@H]1C. The molecule has 4 atom stereocenters. The second-order valence-corrected chi connectivity index (χ2v) is 13.3. The van der Waals surface area contributed by atoms with Gasteiger partial charge in [0, 0.05) is 44.3 Å². The molecule has 0 saturated heterocycles. The van der Waals surface area contributed by atoms with Crippen LogP contribution in [-0.4, -0.2) is 89.5 Å². The lowest BCUT2D eigenvalue weighted by Gasteiger charge is -2.35. The third-order valence-electron chi connectivity index (χ3n) is 9.36. The minimum atomic E-state index is -0.509. The molecule has 2 aromatic rings. The average Bonchev–Trinajstić information content (AvgIpc) is 3.38. The highest BCUT2D eigenvalue weighted by Gasteiger charge is 2.31. The smallest absolute Gasteiger partial charge is 0.321 e. The molecule has 2 heterocycles. The Morgan fingerprint density at radius 1 is 1.09 bits per heavy atom. The molecule has 1 aromatic heterocycles. The highest BCUT2D eigenvalue weighted by molar-refractivity contribution is 6.00. The van der Waals surface area contributed by atoms with Crippen LogP contribution in [0.1, 0.15) is 93.9 Å².